The zero-order valence-electron chi connectivity index (χ0n) is 13.9. The normalized spacial score (nSPS) is 19.1. The van der Waals surface area contributed by atoms with E-state index in [-0.39, 0.29) is 6.10 Å². The molecule has 0 unspecified atom stereocenters. The Hall–Kier alpha value is -1.92. The molecule has 1 aromatic carbocycles. The van der Waals surface area contributed by atoms with Crippen LogP contribution < -0.4 is 0 Å². The third-order valence-corrected chi connectivity index (χ3v) is 4.32. The maximum absolute atomic E-state index is 12.8. The lowest BCUT2D eigenvalue weighted by atomic mass is 10.1. The molecule has 0 aliphatic carbocycles. The summed E-state index contributed by atoms with van der Waals surface area (Å²) in [6.07, 6.45) is -0.537. The molecule has 6 heteroatoms. The van der Waals surface area contributed by atoms with Gasteiger partial charge in [0, 0.05) is 19.3 Å². The van der Waals surface area contributed by atoms with Gasteiger partial charge in [0.1, 0.15) is 0 Å². The Balaban J connectivity index is 1.55. The highest BCUT2D eigenvalue weighted by atomic mass is 19.4. The Labute approximate surface area is 145 Å². The fourth-order valence-electron chi connectivity index (χ4n) is 3.08. The predicted molar refractivity (Wildman–Crippen MR) is 88.8 cm³/mol. The van der Waals surface area contributed by atoms with Crippen LogP contribution in [0, 0.1) is 0 Å². The third-order valence-electron chi connectivity index (χ3n) is 4.32. The van der Waals surface area contributed by atoms with Crippen LogP contribution >= 0.6 is 0 Å². The van der Waals surface area contributed by atoms with Crippen LogP contribution in [0.5, 0.6) is 0 Å². The fraction of sp³-hybridized carbons (Fsp3) is 0.421. The molecule has 0 spiro atoms. The molecule has 134 valence electrons. The van der Waals surface area contributed by atoms with Gasteiger partial charge in [-0.25, -0.2) is 0 Å². The van der Waals surface area contributed by atoms with Gasteiger partial charge in [-0.15, -0.1) is 0 Å². The van der Waals surface area contributed by atoms with Crippen LogP contribution in [0.15, 0.2) is 48.7 Å². The Kier molecular flexibility index (Phi) is 5.71. The van der Waals surface area contributed by atoms with Crippen LogP contribution in [0.25, 0.3) is 0 Å². The topological polar surface area (TPSA) is 25.4 Å². The molecule has 1 aliphatic rings. The van der Waals surface area contributed by atoms with Crippen LogP contribution in [-0.2, 0) is 24.1 Å². The van der Waals surface area contributed by atoms with E-state index in [4.69, 9.17) is 4.74 Å². The highest BCUT2D eigenvalue weighted by Crippen LogP contribution is 2.30. The molecule has 3 nitrogen and oxygen atoms in total. The van der Waals surface area contributed by atoms with Crippen LogP contribution in [0.3, 0.4) is 0 Å². The largest absolute Gasteiger partial charge is 0.416 e. The van der Waals surface area contributed by atoms with E-state index in [0.717, 1.165) is 37.7 Å². The number of alkyl halides is 3. The number of aromatic nitrogens is 1. The molecule has 2 heterocycles. The number of rotatable bonds is 5. The molecule has 0 N–H and O–H groups in total. The minimum atomic E-state index is -4.30. The van der Waals surface area contributed by atoms with Crippen LogP contribution in [0.2, 0.25) is 0 Å². The van der Waals surface area contributed by atoms with E-state index in [2.05, 4.69) is 9.88 Å². The summed E-state index contributed by atoms with van der Waals surface area (Å²) in [7, 11) is 0. The second-order valence-electron chi connectivity index (χ2n) is 6.33. The molecule has 0 saturated carbocycles. The number of hydrogen-bond donors (Lipinski definition) is 0. The molecule has 0 bridgehead atoms. The molecule has 3 rings (SSSR count). The smallest absolute Gasteiger partial charge is 0.371 e. The summed E-state index contributed by atoms with van der Waals surface area (Å²) >= 11 is 0. The van der Waals surface area contributed by atoms with Crippen molar-refractivity contribution in [1.29, 1.82) is 0 Å². The zero-order chi connectivity index (χ0) is 17.7. The molecule has 0 radical (unpaired) electrons. The number of nitrogens with zero attached hydrogens (tertiary/aromatic N) is 2. The summed E-state index contributed by atoms with van der Waals surface area (Å²) in [6, 6.07) is 11.3. The average molecular weight is 350 g/mol. The summed E-state index contributed by atoms with van der Waals surface area (Å²) in [6.45, 7) is 2.57. The van der Waals surface area contributed by atoms with Gasteiger partial charge in [0.05, 0.1) is 24.0 Å². The van der Waals surface area contributed by atoms with E-state index in [9.17, 15) is 13.2 Å². The van der Waals surface area contributed by atoms with Crippen molar-refractivity contribution < 1.29 is 17.9 Å². The van der Waals surface area contributed by atoms with Gasteiger partial charge < -0.3 is 4.74 Å². The van der Waals surface area contributed by atoms with Gasteiger partial charge in [-0.1, -0.05) is 24.3 Å². The van der Waals surface area contributed by atoms with Gasteiger partial charge in [0.25, 0.3) is 0 Å². The van der Waals surface area contributed by atoms with E-state index in [1.807, 2.05) is 18.2 Å². The summed E-state index contributed by atoms with van der Waals surface area (Å²) in [5.41, 5.74) is 0.975. The van der Waals surface area contributed by atoms with E-state index < -0.39 is 11.7 Å². The maximum Gasteiger partial charge on any atom is 0.416 e. The summed E-state index contributed by atoms with van der Waals surface area (Å²) in [4.78, 5) is 6.39. The first kappa shape index (κ1) is 17.9. The van der Waals surface area contributed by atoms with Crippen molar-refractivity contribution in [2.75, 3.05) is 13.1 Å². The SMILES string of the molecule is FC(F)(F)c1cccc(CN2CCC[C@H](OCc3ccccn3)C2)c1. The number of pyridine rings is 1. The second kappa shape index (κ2) is 7.97. The van der Waals surface area contributed by atoms with Gasteiger partial charge in [-0.2, -0.15) is 13.2 Å². The lowest BCUT2D eigenvalue weighted by Gasteiger charge is -2.32. The minimum absolute atomic E-state index is 0.0848. The first-order valence-electron chi connectivity index (χ1n) is 8.41. The molecule has 25 heavy (non-hydrogen) atoms. The molecule has 1 aromatic heterocycles. The van der Waals surface area contributed by atoms with Gasteiger partial charge in [0.2, 0.25) is 0 Å². The monoisotopic (exact) mass is 350 g/mol. The lowest BCUT2D eigenvalue weighted by Crippen LogP contribution is -2.39. The van der Waals surface area contributed by atoms with Crippen molar-refractivity contribution in [3.63, 3.8) is 0 Å². The highest BCUT2D eigenvalue weighted by molar-refractivity contribution is 5.25. The molecule has 2 aromatic rings. The average Bonchev–Trinajstić information content (AvgIpc) is 2.61. The number of halogens is 3. The third kappa shape index (κ3) is 5.28. The molecule has 1 fully saturated rings. The Bertz CT molecular complexity index is 676. The molecule has 1 aliphatic heterocycles. The van der Waals surface area contributed by atoms with Crippen LogP contribution in [0.4, 0.5) is 13.2 Å². The Morgan fingerprint density at radius 2 is 2.04 bits per heavy atom. The summed E-state index contributed by atoms with van der Waals surface area (Å²) < 4.78 is 44.4. The van der Waals surface area contributed by atoms with Crippen LogP contribution in [0.1, 0.15) is 29.7 Å². The van der Waals surface area contributed by atoms with Gasteiger partial charge in [-0.05, 0) is 43.1 Å². The Morgan fingerprint density at radius 1 is 1.16 bits per heavy atom. The Morgan fingerprint density at radius 3 is 2.80 bits per heavy atom. The van der Waals surface area contributed by atoms with E-state index >= 15 is 0 Å². The summed E-state index contributed by atoms with van der Waals surface area (Å²) in [5, 5.41) is 0. The van der Waals surface area contributed by atoms with Crippen molar-refractivity contribution in [3.8, 4) is 0 Å². The number of ether oxygens (including phenoxy) is 1. The molecule has 0 amide bonds. The van der Waals surface area contributed by atoms with Crippen LogP contribution in [-0.4, -0.2) is 29.1 Å². The number of likely N-dealkylation sites (tertiary alicyclic amines) is 1. The molecular formula is C19H21F3N2O. The summed E-state index contributed by atoms with van der Waals surface area (Å²) in [5.74, 6) is 0. The quantitative estimate of drug-likeness (QED) is 0.805. The minimum Gasteiger partial charge on any atom is -0.371 e. The first-order valence-corrected chi connectivity index (χ1v) is 8.41. The number of hydrogen-bond acceptors (Lipinski definition) is 3. The van der Waals surface area contributed by atoms with Gasteiger partial charge in [-0.3, -0.25) is 9.88 Å². The van der Waals surface area contributed by atoms with Crippen molar-refractivity contribution in [2.24, 2.45) is 0 Å². The van der Waals surface area contributed by atoms with Gasteiger partial charge in [0.15, 0.2) is 0 Å². The maximum atomic E-state index is 12.8. The molecule has 1 saturated heterocycles. The number of benzene rings is 1. The first-order chi connectivity index (χ1) is 12.0. The zero-order valence-corrected chi connectivity index (χ0v) is 13.9. The predicted octanol–water partition coefficient (Wildman–Crippen LogP) is 4.28. The van der Waals surface area contributed by atoms with Crippen molar-refractivity contribution in [1.82, 2.24) is 9.88 Å². The number of piperidine rings is 1. The standard InChI is InChI=1S/C19H21F3N2O/c20-19(21,22)16-6-3-5-15(11-16)12-24-10-4-8-18(13-24)25-14-17-7-1-2-9-23-17/h1-3,5-7,9,11,18H,4,8,10,12-14H2/t18-/m0/s1. The van der Waals surface area contributed by atoms with E-state index in [1.54, 1.807) is 12.3 Å². The van der Waals surface area contributed by atoms with Gasteiger partial charge >= 0.3 is 6.18 Å². The highest BCUT2D eigenvalue weighted by Gasteiger charge is 2.30. The lowest BCUT2D eigenvalue weighted by molar-refractivity contribution is -0.137. The fourth-order valence-corrected chi connectivity index (χ4v) is 3.08. The molecule has 1 atom stereocenters. The second-order valence-corrected chi connectivity index (χ2v) is 6.33. The van der Waals surface area contributed by atoms with E-state index in [1.165, 1.54) is 12.1 Å². The van der Waals surface area contributed by atoms with E-state index in [0.29, 0.717) is 18.7 Å². The van der Waals surface area contributed by atoms with Crippen molar-refractivity contribution in [2.45, 2.75) is 38.3 Å². The molecular weight excluding hydrogens is 329 g/mol. The van der Waals surface area contributed by atoms with Crippen molar-refractivity contribution in [3.05, 3.63) is 65.5 Å². The van der Waals surface area contributed by atoms with Crippen molar-refractivity contribution >= 4 is 0 Å².